The molecule has 0 aliphatic carbocycles. The first kappa shape index (κ1) is 14.6. The van der Waals surface area contributed by atoms with E-state index in [-0.39, 0.29) is 19.1 Å². The molecule has 0 N–H and O–H groups in total. The smallest absolute Gasteiger partial charge is 0.414 e. The van der Waals surface area contributed by atoms with Crippen LogP contribution in [0.4, 0.5) is 16.2 Å². The molecule has 1 aromatic rings. The molecule has 2 amide bonds. The highest BCUT2D eigenvalue weighted by Gasteiger charge is 2.35. The fourth-order valence-corrected chi connectivity index (χ4v) is 3.37. The highest BCUT2D eigenvalue weighted by molar-refractivity contribution is 6.00. The maximum Gasteiger partial charge on any atom is 0.414 e. The molecule has 24 heavy (non-hydrogen) atoms. The number of anilines is 2. The van der Waals surface area contributed by atoms with Gasteiger partial charge in [0.15, 0.2) is 6.61 Å². The van der Waals surface area contributed by atoms with Gasteiger partial charge in [0.05, 0.1) is 24.5 Å². The molecule has 0 bridgehead atoms. The van der Waals surface area contributed by atoms with Crippen molar-refractivity contribution in [3.05, 3.63) is 28.1 Å². The van der Waals surface area contributed by atoms with E-state index in [1.807, 2.05) is 6.07 Å². The van der Waals surface area contributed by atoms with Crippen LogP contribution in [0.25, 0.3) is 10.4 Å². The number of hydrogen-bond donors (Lipinski definition) is 0. The molecule has 1 fully saturated rings. The second-order valence-corrected chi connectivity index (χ2v) is 5.92. The zero-order chi connectivity index (χ0) is 16.7. The number of aryl methyl sites for hydroxylation is 1. The summed E-state index contributed by atoms with van der Waals surface area (Å²) in [7, 11) is 0. The Morgan fingerprint density at radius 1 is 1.33 bits per heavy atom. The lowest BCUT2D eigenvalue weighted by Gasteiger charge is -2.35. The number of azide groups is 1. The number of cyclic esters (lactones) is 1. The number of carbonyl (C=O) groups is 2. The molecule has 9 nitrogen and oxygen atoms in total. The first-order valence-electron chi connectivity index (χ1n) is 7.76. The summed E-state index contributed by atoms with van der Waals surface area (Å²) >= 11 is 0. The van der Waals surface area contributed by atoms with Crippen LogP contribution in [0.2, 0.25) is 0 Å². The van der Waals surface area contributed by atoms with E-state index in [9.17, 15) is 9.59 Å². The van der Waals surface area contributed by atoms with E-state index in [1.54, 1.807) is 11.0 Å². The van der Waals surface area contributed by atoms with Crippen molar-refractivity contribution < 1.29 is 19.1 Å². The molecule has 0 radical (unpaired) electrons. The van der Waals surface area contributed by atoms with Crippen molar-refractivity contribution in [3.8, 4) is 5.75 Å². The van der Waals surface area contributed by atoms with E-state index >= 15 is 0 Å². The van der Waals surface area contributed by atoms with Gasteiger partial charge in [-0.1, -0.05) is 5.11 Å². The summed E-state index contributed by atoms with van der Waals surface area (Å²) in [6.45, 7) is 1.13. The molecule has 0 unspecified atom stereocenters. The molecule has 1 saturated heterocycles. The second kappa shape index (κ2) is 5.61. The average molecular weight is 329 g/mol. The van der Waals surface area contributed by atoms with Crippen molar-refractivity contribution in [2.75, 3.05) is 36.0 Å². The Morgan fingerprint density at radius 2 is 2.21 bits per heavy atom. The predicted molar refractivity (Wildman–Crippen MR) is 84.2 cm³/mol. The van der Waals surface area contributed by atoms with Crippen molar-refractivity contribution in [1.29, 1.82) is 0 Å². The molecule has 3 heterocycles. The molecule has 124 valence electrons. The minimum atomic E-state index is -0.472. The lowest BCUT2D eigenvalue weighted by atomic mass is 9.98. The number of amides is 2. The zero-order valence-electron chi connectivity index (χ0n) is 12.8. The van der Waals surface area contributed by atoms with Gasteiger partial charge in [0.25, 0.3) is 5.91 Å². The number of ether oxygens (including phenoxy) is 2. The van der Waals surface area contributed by atoms with Crippen LogP contribution in [0.5, 0.6) is 5.75 Å². The van der Waals surface area contributed by atoms with Crippen molar-refractivity contribution in [2.24, 2.45) is 5.11 Å². The third kappa shape index (κ3) is 2.30. The Bertz CT molecular complexity index is 756. The van der Waals surface area contributed by atoms with Crippen LogP contribution in [0.1, 0.15) is 12.0 Å². The minimum Gasteiger partial charge on any atom is -0.481 e. The van der Waals surface area contributed by atoms with E-state index in [0.29, 0.717) is 24.5 Å². The normalized spacial score (nSPS) is 21.8. The van der Waals surface area contributed by atoms with Crippen LogP contribution in [0.3, 0.4) is 0 Å². The Hall–Kier alpha value is -2.93. The molecule has 0 saturated carbocycles. The van der Waals surface area contributed by atoms with Gasteiger partial charge in [0.2, 0.25) is 0 Å². The summed E-state index contributed by atoms with van der Waals surface area (Å²) in [5, 5.41) is 3.46. The molecule has 9 heteroatoms. The SMILES string of the molecule is [N-]=[N+]=NC[C@H]1CN(c2cc3c4c(c2)OCC(=O)N4CCC3)C(=O)O1. The highest BCUT2D eigenvalue weighted by Crippen LogP contribution is 2.42. The third-order valence-corrected chi connectivity index (χ3v) is 4.42. The standard InChI is InChI=1S/C15H15N5O4/c16-18-17-6-11-7-20(15(22)24-11)10-4-9-2-1-3-19-13(21)8-23-12(5-10)14(9)19/h4-5,11H,1-3,6-8H2/t11-/m0/s1. The fourth-order valence-electron chi connectivity index (χ4n) is 3.37. The lowest BCUT2D eigenvalue weighted by Crippen LogP contribution is -2.42. The fraction of sp³-hybridized carbons (Fsp3) is 0.467. The first-order chi connectivity index (χ1) is 11.7. The Labute approximate surface area is 137 Å². The maximum atomic E-state index is 12.1. The van der Waals surface area contributed by atoms with Crippen molar-refractivity contribution in [1.82, 2.24) is 0 Å². The summed E-state index contributed by atoms with van der Waals surface area (Å²) in [4.78, 5) is 30.1. The summed E-state index contributed by atoms with van der Waals surface area (Å²) in [6, 6.07) is 3.67. The summed E-state index contributed by atoms with van der Waals surface area (Å²) in [6.07, 6.45) is 0.777. The topological polar surface area (TPSA) is 108 Å². The summed E-state index contributed by atoms with van der Waals surface area (Å²) < 4.78 is 10.8. The lowest BCUT2D eigenvalue weighted by molar-refractivity contribution is -0.121. The highest BCUT2D eigenvalue weighted by atomic mass is 16.6. The van der Waals surface area contributed by atoms with Gasteiger partial charge in [0.1, 0.15) is 11.9 Å². The van der Waals surface area contributed by atoms with Gasteiger partial charge in [-0.15, -0.1) is 0 Å². The van der Waals surface area contributed by atoms with Gasteiger partial charge in [-0.3, -0.25) is 9.69 Å². The maximum absolute atomic E-state index is 12.1. The molecule has 3 aliphatic heterocycles. The molecule has 1 aromatic carbocycles. The van der Waals surface area contributed by atoms with Gasteiger partial charge in [-0.05, 0) is 30.0 Å². The van der Waals surface area contributed by atoms with Gasteiger partial charge in [-0.2, -0.15) is 0 Å². The van der Waals surface area contributed by atoms with E-state index in [4.69, 9.17) is 15.0 Å². The second-order valence-electron chi connectivity index (χ2n) is 5.92. The Kier molecular flexibility index (Phi) is 3.42. The Balaban J connectivity index is 1.67. The van der Waals surface area contributed by atoms with Gasteiger partial charge >= 0.3 is 6.09 Å². The van der Waals surface area contributed by atoms with E-state index in [0.717, 1.165) is 24.1 Å². The average Bonchev–Trinajstić information content (AvgIpc) is 2.97. The molecule has 0 aromatic heterocycles. The van der Waals surface area contributed by atoms with E-state index < -0.39 is 12.2 Å². The predicted octanol–water partition coefficient (Wildman–Crippen LogP) is 1.99. The van der Waals surface area contributed by atoms with Gasteiger partial charge < -0.3 is 14.4 Å². The quantitative estimate of drug-likeness (QED) is 0.480. The van der Waals surface area contributed by atoms with Crippen molar-refractivity contribution >= 4 is 23.4 Å². The monoisotopic (exact) mass is 329 g/mol. The molecule has 0 spiro atoms. The first-order valence-corrected chi connectivity index (χ1v) is 7.76. The number of benzene rings is 1. The van der Waals surface area contributed by atoms with Gasteiger partial charge in [0, 0.05) is 17.5 Å². The van der Waals surface area contributed by atoms with Gasteiger partial charge in [-0.25, -0.2) is 4.79 Å². The number of hydrogen-bond acceptors (Lipinski definition) is 5. The molecule has 1 atom stereocenters. The van der Waals surface area contributed by atoms with Crippen LogP contribution in [0, 0.1) is 0 Å². The van der Waals surface area contributed by atoms with Crippen LogP contribution in [-0.4, -0.2) is 44.3 Å². The van der Waals surface area contributed by atoms with Crippen LogP contribution < -0.4 is 14.5 Å². The van der Waals surface area contributed by atoms with Crippen molar-refractivity contribution in [3.63, 3.8) is 0 Å². The molecule has 3 aliphatic rings. The summed E-state index contributed by atoms with van der Waals surface area (Å²) in [5.41, 5.74) is 10.9. The molecule has 4 rings (SSSR count). The number of carbonyl (C=O) groups excluding carboxylic acids is 2. The van der Waals surface area contributed by atoms with E-state index in [1.165, 1.54) is 4.90 Å². The van der Waals surface area contributed by atoms with E-state index in [2.05, 4.69) is 10.0 Å². The van der Waals surface area contributed by atoms with Crippen molar-refractivity contribution in [2.45, 2.75) is 18.9 Å². The van der Waals surface area contributed by atoms with Crippen LogP contribution in [-0.2, 0) is 16.0 Å². The van der Waals surface area contributed by atoms with Crippen LogP contribution >= 0.6 is 0 Å². The Morgan fingerprint density at radius 3 is 3.04 bits per heavy atom. The minimum absolute atomic E-state index is 0.0137. The van der Waals surface area contributed by atoms with Crippen LogP contribution in [0.15, 0.2) is 17.2 Å². The molecular formula is C15H15N5O4. The molecular weight excluding hydrogens is 314 g/mol. The largest absolute Gasteiger partial charge is 0.481 e. The number of nitrogens with zero attached hydrogens (tertiary/aromatic N) is 5. The third-order valence-electron chi connectivity index (χ3n) is 4.42. The number of rotatable bonds is 3. The zero-order valence-corrected chi connectivity index (χ0v) is 12.8. The summed E-state index contributed by atoms with van der Waals surface area (Å²) in [5.74, 6) is 0.583.